The number of piperazine rings is 1. The number of hydrogen-bond donors (Lipinski definition) is 0. The quantitative estimate of drug-likeness (QED) is 0.328. The standard InChI is InChI=1S/C27H25N9S/c1-33-17-22(15-31-33)20-11-24(27-21(12-28)14-32-36(27)18-20)19-3-5-25(29-13-19)35-9-7-34(8-10-35)23-4-6-26(37-2)30-16-23/h3-6,11,13-18H,7-10H2,1-2H3. The van der Waals surface area contributed by atoms with Crippen LogP contribution >= 0.6 is 11.8 Å². The zero-order valence-electron chi connectivity index (χ0n) is 20.6. The number of fused-ring (bicyclic) bond motifs is 1. The molecule has 6 heterocycles. The summed E-state index contributed by atoms with van der Waals surface area (Å²) < 4.78 is 3.54. The molecule has 0 atom stereocenters. The summed E-state index contributed by atoms with van der Waals surface area (Å²) in [7, 11) is 1.89. The summed E-state index contributed by atoms with van der Waals surface area (Å²) in [6.45, 7) is 3.61. The van der Waals surface area contributed by atoms with Gasteiger partial charge in [-0.25, -0.2) is 14.5 Å². The lowest BCUT2D eigenvalue weighted by atomic mass is 10.0. The van der Waals surface area contributed by atoms with E-state index < -0.39 is 0 Å². The zero-order chi connectivity index (χ0) is 25.4. The van der Waals surface area contributed by atoms with Gasteiger partial charge >= 0.3 is 0 Å². The molecule has 0 unspecified atom stereocenters. The maximum absolute atomic E-state index is 9.68. The Balaban J connectivity index is 1.26. The van der Waals surface area contributed by atoms with Gasteiger partial charge < -0.3 is 9.80 Å². The van der Waals surface area contributed by atoms with Gasteiger partial charge in [0.05, 0.1) is 40.4 Å². The average molecular weight is 508 g/mol. The van der Waals surface area contributed by atoms with Crippen molar-refractivity contribution in [1.29, 1.82) is 5.26 Å². The van der Waals surface area contributed by atoms with Gasteiger partial charge in [-0.15, -0.1) is 11.8 Å². The van der Waals surface area contributed by atoms with Crippen LogP contribution in [0, 0.1) is 11.3 Å². The SMILES string of the molecule is CSc1ccc(N2CCN(c3ccc(-c4cc(-c5cnn(C)c5)cn5ncc(C#N)c45)cn3)CC2)cn1. The molecule has 5 aromatic rings. The monoisotopic (exact) mass is 507 g/mol. The molecular weight excluding hydrogens is 482 g/mol. The summed E-state index contributed by atoms with van der Waals surface area (Å²) >= 11 is 1.65. The second-order valence-electron chi connectivity index (χ2n) is 8.95. The highest BCUT2D eigenvalue weighted by Gasteiger charge is 2.20. The number of aromatic nitrogens is 6. The van der Waals surface area contributed by atoms with E-state index in [4.69, 9.17) is 4.98 Å². The van der Waals surface area contributed by atoms with Crippen molar-refractivity contribution in [3.63, 3.8) is 0 Å². The lowest BCUT2D eigenvalue weighted by Crippen LogP contribution is -2.46. The molecule has 0 bridgehead atoms. The summed E-state index contributed by atoms with van der Waals surface area (Å²) in [4.78, 5) is 14.0. The van der Waals surface area contributed by atoms with E-state index in [1.165, 1.54) is 0 Å². The molecule has 9 nitrogen and oxygen atoms in total. The topological polar surface area (TPSA) is 91.2 Å². The van der Waals surface area contributed by atoms with Gasteiger partial charge in [-0.1, -0.05) is 0 Å². The highest BCUT2D eigenvalue weighted by atomic mass is 32.2. The summed E-state index contributed by atoms with van der Waals surface area (Å²) in [6, 6.07) is 12.7. The van der Waals surface area contributed by atoms with Gasteiger partial charge in [-0.3, -0.25) is 4.68 Å². The normalized spacial score (nSPS) is 13.8. The van der Waals surface area contributed by atoms with E-state index in [1.807, 2.05) is 44.3 Å². The van der Waals surface area contributed by atoms with Gasteiger partial charge in [-0.2, -0.15) is 15.5 Å². The molecule has 10 heteroatoms. The van der Waals surface area contributed by atoms with E-state index in [9.17, 15) is 5.26 Å². The predicted octanol–water partition coefficient (Wildman–Crippen LogP) is 4.11. The first-order valence-corrected chi connectivity index (χ1v) is 13.2. The molecule has 1 saturated heterocycles. The smallest absolute Gasteiger partial charge is 0.128 e. The Labute approximate surface area is 219 Å². The Morgan fingerprint density at radius 1 is 0.838 bits per heavy atom. The van der Waals surface area contributed by atoms with Crippen LogP contribution in [0.4, 0.5) is 11.5 Å². The molecule has 0 N–H and O–H groups in total. The van der Waals surface area contributed by atoms with E-state index in [0.29, 0.717) is 5.56 Å². The summed E-state index contributed by atoms with van der Waals surface area (Å²) in [6.07, 6.45) is 13.2. The Morgan fingerprint density at radius 3 is 2.32 bits per heavy atom. The van der Waals surface area contributed by atoms with Gasteiger partial charge in [0.2, 0.25) is 0 Å². The lowest BCUT2D eigenvalue weighted by molar-refractivity contribution is 0.646. The molecule has 0 spiro atoms. The number of nitriles is 1. The molecule has 6 rings (SSSR count). The van der Waals surface area contributed by atoms with Crippen LogP contribution in [0.5, 0.6) is 0 Å². The van der Waals surface area contributed by atoms with Crippen LogP contribution in [-0.2, 0) is 7.05 Å². The van der Waals surface area contributed by atoms with Crippen LogP contribution in [0.3, 0.4) is 0 Å². The lowest BCUT2D eigenvalue weighted by Gasteiger charge is -2.36. The van der Waals surface area contributed by atoms with E-state index in [1.54, 1.807) is 27.2 Å². The molecule has 0 radical (unpaired) electrons. The van der Waals surface area contributed by atoms with Crippen molar-refractivity contribution >= 4 is 28.8 Å². The minimum atomic E-state index is 0.535. The molecule has 37 heavy (non-hydrogen) atoms. The third-order valence-electron chi connectivity index (χ3n) is 6.73. The highest BCUT2D eigenvalue weighted by molar-refractivity contribution is 7.98. The maximum Gasteiger partial charge on any atom is 0.128 e. The van der Waals surface area contributed by atoms with Crippen molar-refractivity contribution in [2.45, 2.75) is 5.03 Å². The van der Waals surface area contributed by atoms with Gasteiger partial charge in [0, 0.05) is 74.1 Å². The number of pyridine rings is 3. The van der Waals surface area contributed by atoms with Crippen LogP contribution in [0.2, 0.25) is 0 Å². The molecule has 1 aliphatic heterocycles. The fourth-order valence-corrected chi connectivity index (χ4v) is 5.12. The maximum atomic E-state index is 9.68. The number of hydrogen-bond acceptors (Lipinski definition) is 8. The molecule has 1 fully saturated rings. The molecule has 1 aliphatic rings. The molecule has 0 saturated carbocycles. The van der Waals surface area contributed by atoms with Crippen molar-refractivity contribution < 1.29 is 0 Å². The Bertz CT molecular complexity index is 1590. The van der Waals surface area contributed by atoms with Crippen LogP contribution in [0.25, 0.3) is 27.8 Å². The summed E-state index contributed by atoms with van der Waals surface area (Å²) in [5.74, 6) is 0.952. The van der Waals surface area contributed by atoms with Crippen molar-refractivity contribution in [2.75, 3.05) is 42.2 Å². The van der Waals surface area contributed by atoms with E-state index in [-0.39, 0.29) is 0 Å². The van der Waals surface area contributed by atoms with Gasteiger partial charge in [-0.05, 0) is 36.6 Å². The predicted molar refractivity (Wildman–Crippen MR) is 146 cm³/mol. The first-order chi connectivity index (χ1) is 18.1. The fourth-order valence-electron chi connectivity index (χ4n) is 4.76. The summed E-state index contributed by atoms with van der Waals surface area (Å²) in [5, 5.41) is 19.4. The Kier molecular flexibility index (Phi) is 5.98. The first-order valence-electron chi connectivity index (χ1n) is 12.0. The molecule has 0 aromatic carbocycles. The van der Waals surface area contributed by atoms with Gasteiger partial charge in [0.1, 0.15) is 11.9 Å². The van der Waals surface area contributed by atoms with Gasteiger partial charge in [0.15, 0.2) is 0 Å². The number of thioether (sulfide) groups is 1. The van der Waals surface area contributed by atoms with Gasteiger partial charge in [0.25, 0.3) is 0 Å². The van der Waals surface area contributed by atoms with Crippen molar-refractivity contribution in [3.8, 4) is 28.3 Å². The Morgan fingerprint density at radius 2 is 1.68 bits per heavy atom. The minimum Gasteiger partial charge on any atom is -0.367 e. The second-order valence-corrected chi connectivity index (χ2v) is 9.77. The van der Waals surface area contributed by atoms with Crippen LogP contribution in [0.15, 0.2) is 72.5 Å². The van der Waals surface area contributed by atoms with Crippen molar-refractivity contribution in [2.24, 2.45) is 7.05 Å². The fraction of sp³-hybridized carbons (Fsp3) is 0.222. The largest absolute Gasteiger partial charge is 0.367 e. The van der Waals surface area contributed by atoms with Crippen molar-refractivity contribution in [3.05, 3.63) is 73.1 Å². The number of aryl methyl sites for hydroxylation is 1. The Hall–Kier alpha value is -4.36. The van der Waals surface area contributed by atoms with Crippen LogP contribution in [0.1, 0.15) is 5.56 Å². The zero-order valence-corrected chi connectivity index (χ0v) is 21.4. The van der Waals surface area contributed by atoms with E-state index in [0.717, 1.165) is 70.5 Å². The van der Waals surface area contributed by atoms with E-state index in [2.05, 4.69) is 61.4 Å². The summed E-state index contributed by atoms with van der Waals surface area (Å²) in [5.41, 5.74) is 6.29. The molecular formula is C27H25N9S. The van der Waals surface area contributed by atoms with Crippen LogP contribution in [-0.4, -0.2) is 61.8 Å². The molecule has 184 valence electrons. The first kappa shape index (κ1) is 23.1. The minimum absolute atomic E-state index is 0.535. The third-order valence-corrected chi connectivity index (χ3v) is 7.39. The number of anilines is 2. The van der Waals surface area contributed by atoms with E-state index >= 15 is 0 Å². The van der Waals surface area contributed by atoms with Crippen molar-refractivity contribution in [1.82, 2.24) is 29.4 Å². The molecule has 5 aromatic heterocycles. The number of rotatable bonds is 5. The highest BCUT2D eigenvalue weighted by Crippen LogP contribution is 2.32. The number of nitrogens with zero attached hydrogens (tertiary/aromatic N) is 9. The third kappa shape index (κ3) is 4.38. The molecule has 0 amide bonds. The molecule has 0 aliphatic carbocycles. The average Bonchev–Trinajstić information content (AvgIpc) is 3.59. The second kappa shape index (κ2) is 9.59. The van der Waals surface area contributed by atoms with Crippen LogP contribution < -0.4 is 9.80 Å².